The number of fused-ring (bicyclic) bond motifs is 1. The highest BCUT2D eigenvalue weighted by molar-refractivity contribution is 5.88. The molecule has 0 fully saturated rings. The van der Waals surface area contributed by atoms with Crippen molar-refractivity contribution < 1.29 is 14.7 Å². The van der Waals surface area contributed by atoms with Gasteiger partial charge in [0, 0.05) is 25.8 Å². The largest absolute Gasteiger partial charge is 0.479 e. The van der Waals surface area contributed by atoms with E-state index in [1.165, 1.54) is 11.8 Å². The summed E-state index contributed by atoms with van der Waals surface area (Å²) in [7, 11) is 0. The lowest BCUT2D eigenvalue weighted by Gasteiger charge is -2.40. The zero-order valence-electron chi connectivity index (χ0n) is 11.5. The van der Waals surface area contributed by atoms with Crippen LogP contribution in [-0.4, -0.2) is 33.5 Å². The van der Waals surface area contributed by atoms with E-state index in [0.29, 0.717) is 12.8 Å². The fourth-order valence-electron chi connectivity index (χ4n) is 3.18. The summed E-state index contributed by atoms with van der Waals surface area (Å²) in [5, 5.41) is 9.71. The molecule has 1 N–H and O–H groups in total. The van der Waals surface area contributed by atoms with Crippen molar-refractivity contribution in [1.29, 1.82) is 0 Å². The van der Waals surface area contributed by atoms with Crippen LogP contribution in [0.4, 0.5) is 0 Å². The lowest BCUT2D eigenvalue weighted by atomic mass is 9.91. The van der Waals surface area contributed by atoms with Gasteiger partial charge in [0.1, 0.15) is 5.54 Å². The number of carboxylic acids is 1. The second kappa shape index (κ2) is 4.68. The van der Waals surface area contributed by atoms with E-state index in [0.717, 1.165) is 11.1 Å². The Morgan fingerprint density at radius 1 is 1.21 bits per heavy atom. The van der Waals surface area contributed by atoms with Crippen molar-refractivity contribution in [1.82, 2.24) is 4.90 Å². The fraction of sp³-hybridized carbons (Fsp3) is 0.467. The summed E-state index contributed by atoms with van der Waals surface area (Å²) in [6, 6.07) is 7.56. The summed E-state index contributed by atoms with van der Waals surface area (Å²) in [5.41, 5.74) is 0.914. The molecule has 1 amide bonds. The summed E-state index contributed by atoms with van der Waals surface area (Å²) < 4.78 is 0. The van der Waals surface area contributed by atoms with E-state index >= 15 is 0 Å². The highest BCUT2D eigenvalue weighted by Gasteiger charge is 2.50. The Kier molecular flexibility index (Phi) is 3.35. The van der Waals surface area contributed by atoms with E-state index < -0.39 is 11.5 Å². The van der Waals surface area contributed by atoms with Gasteiger partial charge in [-0.05, 0) is 25.0 Å². The molecule has 0 unspecified atom stereocenters. The van der Waals surface area contributed by atoms with E-state index in [9.17, 15) is 14.7 Å². The van der Waals surface area contributed by atoms with Crippen molar-refractivity contribution in [3.8, 4) is 0 Å². The second-order valence-corrected chi connectivity index (χ2v) is 5.44. The molecule has 1 aromatic carbocycles. The molecule has 102 valence electrons. The lowest BCUT2D eigenvalue weighted by Crippen LogP contribution is -2.60. The van der Waals surface area contributed by atoms with E-state index in [-0.39, 0.29) is 11.9 Å². The molecule has 0 saturated heterocycles. The molecule has 0 atom stereocenters. The molecule has 1 aliphatic rings. The predicted octanol–water partition coefficient (Wildman–Crippen LogP) is 1.87. The van der Waals surface area contributed by atoms with Crippen LogP contribution in [0.5, 0.6) is 0 Å². The molecule has 1 aliphatic carbocycles. The maximum atomic E-state index is 11.9. The normalized spacial score (nSPS) is 16.2. The van der Waals surface area contributed by atoms with E-state index in [2.05, 4.69) is 0 Å². The van der Waals surface area contributed by atoms with E-state index in [1.807, 2.05) is 38.1 Å². The quantitative estimate of drug-likeness (QED) is 0.903. The van der Waals surface area contributed by atoms with Gasteiger partial charge < -0.3 is 10.0 Å². The zero-order chi connectivity index (χ0) is 14.2. The van der Waals surface area contributed by atoms with Gasteiger partial charge in [0.05, 0.1) is 0 Å². The minimum Gasteiger partial charge on any atom is -0.479 e. The van der Waals surface area contributed by atoms with Gasteiger partial charge in [-0.15, -0.1) is 0 Å². The maximum absolute atomic E-state index is 11.9. The van der Waals surface area contributed by atoms with Gasteiger partial charge in [0.25, 0.3) is 0 Å². The molecular formula is C15H19NO3. The molecule has 0 aromatic heterocycles. The smallest absolute Gasteiger partial charge is 0.330 e. The molecule has 0 heterocycles. The Morgan fingerprint density at radius 3 is 2.00 bits per heavy atom. The van der Waals surface area contributed by atoms with Crippen LogP contribution in [0.15, 0.2) is 24.3 Å². The average molecular weight is 261 g/mol. The van der Waals surface area contributed by atoms with Crippen molar-refractivity contribution in [3.05, 3.63) is 35.4 Å². The monoisotopic (exact) mass is 261 g/mol. The third kappa shape index (κ3) is 2.11. The minimum atomic E-state index is -1.14. The summed E-state index contributed by atoms with van der Waals surface area (Å²) in [4.78, 5) is 25.3. The Bertz CT molecular complexity index is 497. The van der Waals surface area contributed by atoms with E-state index in [4.69, 9.17) is 0 Å². The van der Waals surface area contributed by atoms with Crippen LogP contribution in [0.3, 0.4) is 0 Å². The number of hydrogen-bond acceptors (Lipinski definition) is 2. The molecule has 0 bridgehead atoms. The van der Waals surface area contributed by atoms with Gasteiger partial charge in [-0.25, -0.2) is 4.79 Å². The summed E-state index contributed by atoms with van der Waals surface area (Å²) in [6.45, 7) is 5.15. The zero-order valence-corrected chi connectivity index (χ0v) is 11.5. The summed E-state index contributed by atoms with van der Waals surface area (Å²) in [6.07, 6.45) is 0.770. The number of carboxylic acid groups (broad SMARTS) is 1. The van der Waals surface area contributed by atoms with Gasteiger partial charge in [0.2, 0.25) is 5.91 Å². The number of aliphatic carboxylic acids is 1. The molecule has 1 aromatic rings. The topological polar surface area (TPSA) is 57.6 Å². The third-order valence-corrected chi connectivity index (χ3v) is 3.80. The Morgan fingerprint density at radius 2 is 1.68 bits per heavy atom. The molecule has 0 spiro atoms. The van der Waals surface area contributed by atoms with Gasteiger partial charge in [-0.2, -0.15) is 0 Å². The average Bonchev–Trinajstić information content (AvgIpc) is 2.67. The van der Waals surface area contributed by atoms with Crippen molar-refractivity contribution in [2.45, 2.75) is 45.2 Å². The molecule has 4 heteroatoms. The van der Waals surface area contributed by atoms with Crippen molar-refractivity contribution in [2.24, 2.45) is 0 Å². The van der Waals surface area contributed by atoms with Crippen LogP contribution in [-0.2, 0) is 22.4 Å². The van der Waals surface area contributed by atoms with E-state index in [1.54, 1.807) is 0 Å². The van der Waals surface area contributed by atoms with Crippen molar-refractivity contribution in [2.75, 3.05) is 0 Å². The molecule has 0 saturated carbocycles. The standard InChI is InChI=1S/C15H19NO3/c1-10(2)16(11(3)17)15(14(18)19)8-12-6-4-5-7-13(12)9-15/h4-7,10H,8-9H2,1-3H3,(H,18,19). The van der Waals surface area contributed by atoms with Gasteiger partial charge in [-0.3, -0.25) is 4.79 Å². The first-order valence-corrected chi connectivity index (χ1v) is 6.48. The predicted molar refractivity (Wildman–Crippen MR) is 71.9 cm³/mol. The third-order valence-electron chi connectivity index (χ3n) is 3.80. The van der Waals surface area contributed by atoms with Gasteiger partial charge in [-0.1, -0.05) is 24.3 Å². The Labute approximate surface area is 113 Å². The van der Waals surface area contributed by atoms with Crippen LogP contribution in [0, 0.1) is 0 Å². The summed E-state index contributed by atoms with van der Waals surface area (Å²) in [5.74, 6) is -1.11. The number of nitrogens with zero attached hydrogens (tertiary/aromatic N) is 1. The lowest BCUT2D eigenvalue weighted by molar-refractivity contribution is -0.160. The first kappa shape index (κ1) is 13.6. The number of benzene rings is 1. The molecule has 0 radical (unpaired) electrons. The van der Waals surface area contributed by atoms with Crippen LogP contribution in [0.25, 0.3) is 0 Å². The van der Waals surface area contributed by atoms with Crippen molar-refractivity contribution >= 4 is 11.9 Å². The summed E-state index contributed by atoms with van der Waals surface area (Å²) >= 11 is 0. The molecule has 2 rings (SSSR count). The van der Waals surface area contributed by atoms with Crippen molar-refractivity contribution in [3.63, 3.8) is 0 Å². The van der Waals surface area contributed by atoms with Gasteiger partial charge >= 0.3 is 5.97 Å². The highest BCUT2D eigenvalue weighted by atomic mass is 16.4. The van der Waals surface area contributed by atoms with Crippen LogP contribution >= 0.6 is 0 Å². The molecule has 0 aliphatic heterocycles. The highest BCUT2D eigenvalue weighted by Crippen LogP contribution is 2.36. The Balaban J connectivity index is 2.48. The SMILES string of the molecule is CC(=O)N(C(C)C)C1(C(=O)O)Cc2ccccc2C1. The number of rotatable bonds is 3. The molecule has 4 nitrogen and oxygen atoms in total. The molecule has 19 heavy (non-hydrogen) atoms. The molecular weight excluding hydrogens is 242 g/mol. The number of amides is 1. The minimum absolute atomic E-state index is 0.136. The fourth-order valence-corrected chi connectivity index (χ4v) is 3.18. The van der Waals surface area contributed by atoms with Crippen LogP contribution in [0.1, 0.15) is 31.9 Å². The Hall–Kier alpha value is -1.84. The number of hydrogen-bond donors (Lipinski definition) is 1. The second-order valence-electron chi connectivity index (χ2n) is 5.44. The van der Waals surface area contributed by atoms with Crippen LogP contribution < -0.4 is 0 Å². The number of carbonyl (C=O) groups is 2. The van der Waals surface area contributed by atoms with Crippen LogP contribution in [0.2, 0.25) is 0 Å². The number of carbonyl (C=O) groups excluding carboxylic acids is 1. The first-order chi connectivity index (χ1) is 8.88. The maximum Gasteiger partial charge on any atom is 0.330 e. The van der Waals surface area contributed by atoms with Gasteiger partial charge in [0.15, 0.2) is 0 Å². The first-order valence-electron chi connectivity index (χ1n) is 6.48.